The van der Waals surface area contributed by atoms with Crippen LogP contribution in [-0.4, -0.2) is 75.1 Å². The van der Waals surface area contributed by atoms with Crippen molar-refractivity contribution >= 4 is 12.2 Å². The Hall–Kier alpha value is -1.84. The molecule has 0 aromatic carbocycles. The Bertz CT molecular complexity index is 1140. The molecule has 0 radical (unpaired) electrons. The molecule has 2 amide bonds. The lowest BCUT2D eigenvalue weighted by Gasteiger charge is -2.58. The van der Waals surface area contributed by atoms with Gasteiger partial charge in [-0.2, -0.15) is 0 Å². The van der Waals surface area contributed by atoms with Gasteiger partial charge >= 0.3 is 12.2 Å². The van der Waals surface area contributed by atoms with E-state index in [9.17, 15) is 9.59 Å². The minimum absolute atomic E-state index is 0.0434. The van der Waals surface area contributed by atoms with Crippen molar-refractivity contribution < 1.29 is 33.6 Å². The summed E-state index contributed by atoms with van der Waals surface area (Å²) in [4.78, 5) is 24.4. The van der Waals surface area contributed by atoms with Crippen molar-refractivity contribution in [2.75, 3.05) is 46.1 Å². The van der Waals surface area contributed by atoms with Crippen LogP contribution in [0.5, 0.6) is 0 Å². The molecule has 3 N–H and O–H groups in total. The predicted octanol–water partition coefficient (Wildman–Crippen LogP) is 9.71. The maximum atomic E-state index is 12.6. The highest BCUT2D eigenvalue weighted by atomic mass is 16.6. The van der Waals surface area contributed by atoms with Crippen LogP contribution < -0.4 is 10.6 Å². The van der Waals surface area contributed by atoms with E-state index in [4.69, 9.17) is 24.1 Å². The van der Waals surface area contributed by atoms with E-state index < -0.39 is 11.7 Å². The molecular weight excluding hydrogens is 668 g/mol. The number of allylic oxidation sites excluding steroid dienone is 1. The second-order valence-corrected chi connectivity index (χ2v) is 19.0. The lowest BCUT2D eigenvalue weighted by atomic mass is 9.47. The van der Waals surface area contributed by atoms with Crippen molar-refractivity contribution in [2.24, 2.45) is 52.3 Å². The van der Waals surface area contributed by atoms with Crippen molar-refractivity contribution in [3.8, 4) is 0 Å². The number of nitrogens with one attached hydrogen (secondary N) is 2. The highest BCUT2D eigenvalue weighted by Gasteiger charge is 2.59. The third kappa shape index (κ3) is 13.7. The van der Waals surface area contributed by atoms with Crippen LogP contribution in [-0.2, 0) is 18.9 Å². The van der Waals surface area contributed by atoms with Crippen LogP contribution >= 0.6 is 0 Å². The van der Waals surface area contributed by atoms with Crippen LogP contribution in [0, 0.1) is 52.3 Å². The Balaban J connectivity index is 0.00000180. The first kappa shape index (κ1) is 45.5. The van der Waals surface area contributed by atoms with E-state index in [1.807, 2.05) is 0 Å². The first-order valence-corrected chi connectivity index (χ1v) is 21.4. The fourth-order valence-electron chi connectivity index (χ4n) is 10.3. The zero-order chi connectivity index (χ0) is 39.2. The van der Waals surface area contributed by atoms with Crippen LogP contribution in [0.25, 0.3) is 0 Å². The number of hydrogen-bond acceptors (Lipinski definition) is 7. The number of fused-ring (bicyclic) bond motifs is 5. The maximum Gasteiger partial charge on any atom is 0.407 e. The topological polar surface area (TPSA) is 115 Å². The van der Waals surface area contributed by atoms with Crippen LogP contribution in [0.4, 0.5) is 9.59 Å². The standard InChI is InChI=1S/C40H70N2O7.C4H10/c1-28(2)9-8-10-29(3)33-13-14-34-32-12-11-30-27-31(15-17-39(30,6)35(32)16-18-40(33,34)7)48-36(44)41-20-23-46-25-26-47-24-21-42-37(45)49-38(4,5)19-22-43;1-4(2)3/h11,28-29,31-35,43H,8-10,12-27H2,1-7H3,(H,41,44)(H,42,45);4H,1-3H3/t29?,31-,32?,33?,34?,35?,39-,40?;/m0./s1. The third-order valence-electron chi connectivity index (χ3n) is 13.0. The molecule has 0 spiro atoms. The Morgan fingerprint density at radius 3 is 2.13 bits per heavy atom. The normalized spacial score (nSPS) is 29.9. The fraction of sp³-hybridized carbons (Fsp3) is 0.909. The van der Waals surface area contributed by atoms with Crippen LogP contribution in [0.2, 0.25) is 0 Å². The van der Waals surface area contributed by atoms with Gasteiger partial charge in [0.2, 0.25) is 0 Å². The summed E-state index contributed by atoms with van der Waals surface area (Å²) in [6, 6.07) is 0. The van der Waals surface area contributed by atoms with E-state index in [-0.39, 0.29) is 24.2 Å². The number of carbonyl (C=O) groups is 2. The number of aliphatic hydroxyl groups excluding tert-OH is 1. The van der Waals surface area contributed by atoms with Gasteiger partial charge in [0.25, 0.3) is 0 Å². The van der Waals surface area contributed by atoms with Crippen molar-refractivity contribution in [1.29, 1.82) is 0 Å². The third-order valence-corrected chi connectivity index (χ3v) is 13.0. The Morgan fingerprint density at radius 2 is 1.51 bits per heavy atom. The number of alkyl carbamates (subject to hydrolysis) is 2. The first-order chi connectivity index (χ1) is 25.0. The molecule has 4 aliphatic rings. The SMILES string of the molecule is CC(C)C.CC(C)CCCC(C)C1CCC2C3CC=C4C[C@@H](OC(=O)NCCOCCOCCNC(=O)OC(C)(C)CCO)CC[C@]4(C)C3CCC12C. The smallest absolute Gasteiger partial charge is 0.407 e. The van der Waals surface area contributed by atoms with Gasteiger partial charge in [-0.05, 0) is 111 Å². The molecule has 0 heterocycles. The molecule has 0 bridgehead atoms. The Labute approximate surface area is 323 Å². The number of hydrogen-bond donors (Lipinski definition) is 3. The molecule has 0 aliphatic heterocycles. The molecule has 3 saturated carbocycles. The molecule has 0 aromatic heterocycles. The number of rotatable bonds is 18. The van der Waals surface area contributed by atoms with Gasteiger partial charge in [-0.25, -0.2) is 9.59 Å². The molecule has 4 aliphatic carbocycles. The minimum Gasteiger partial charge on any atom is -0.446 e. The summed E-state index contributed by atoms with van der Waals surface area (Å²) in [5.74, 6) is 5.79. The summed E-state index contributed by atoms with van der Waals surface area (Å²) in [7, 11) is 0. The van der Waals surface area contributed by atoms with Crippen LogP contribution in [0.1, 0.15) is 146 Å². The second kappa shape index (κ2) is 21.5. The molecule has 3 fully saturated rings. The molecule has 0 saturated heterocycles. The average Bonchev–Trinajstić information content (AvgIpc) is 3.42. The minimum atomic E-state index is -0.716. The van der Waals surface area contributed by atoms with E-state index in [0.717, 1.165) is 60.7 Å². The highest BCUT2D eigenvalue weighted by Crippen LogP contribution is 2.67. The molecule has 53 heavy (non-hydrogen) atoms. The van der Waals surface area contributed by atoms with Crippen molar-refractivity contribution in [1.82, 2.24) is 10.6 Å². The van der Waals surface area contributed by atoms with Crippen molar-refractivity contribution in [3.63, 3.8) is 0 Å². The summed E-state index contributed by atoms with van der Waals surface area (Å²) in [5.41, 5.74) is 1.57. The monoisotopic (exact) mass is 749 g/mol. The van der Waals surface area contributed by atoms with E-state index in [0.29, 0.717) is 51.4 Å². The molecule has 0 aromatic rings. The number of carbonyl (C=O) groups excluding carboxylic acids is 2. The van der Waals surface area contributed by atoms with Crippen LogP contribution in [0.3, 0.4) is 0 Å². The first-order valence-electron chi connectivity index (χ1n) is 21.4. The summed E-state index contributed by atoms with van der Waals surface area (Å²) < 4.78 is 22.2. The largest absolute Gasteiger partial charge is 0.446 e. The number of amides is 2. The Morgan fingerprint density at radius 1 is 0.868 bits per heavy atom. The maximum absolute atomic E-state index is 12.6. The van der Waals surface area contributed by atoms with Gasteiger partial charge in [0.15, 0.2) is 0 Å². The highest BCUT2D eigenvalue weighted by molar-refractivity contribution is 5.67. The molecule has 6 unspecified atom stereocenters. The lowest BCUT2D eigenvalue weighted by molar-refractivity contribution is -0.0581. The van der Waals surface area contributed by atoms with Gasteiger partial charge in [0.1, 0.15) is 11.7 Å². The predicted molar refractivity (Wildman–Crippen MR) is 214 cm³/mol. The van der Waals surface area contributed by atoms with Gasteiger partial charge < -0.3 is 34.7 Å². The van der Waals surface area contributed by atoms with Crippen molar-refractivity contribution in [2.45, 2.75) is 158 Å². The summed E-state index contributed by atoms with van der Waals surface area (Å²) in [6.45, 7) is 24.6. The van der Waals surface area contributed by atoms with Gasteiger partial charge in [-0.15, -0.1) is 0 Å². The summed E-state index contributed by atoms with van der Waals surface area (Å²) in [5, 5.41) is 14.5. The molecule has 8 atom stereocenters. The summed E-state index contributed by atoms with van der Waals surface area (Å²) in [6.07, 6.45) is 15.8. The number of ether oxygens (including phenoxy) is 4. The van der Waals surface area contributed by atoms with E-state index >= 15 is 0 Å². The molecule has 9 heteroatoms. The van der Waals surface area contributed by atoms with E-state index in [1.54, 1.807) is 19.4 Å². The molecular formula is C44H80N2O7. The average molecular weight is 749 g/mol. The fourth-order valence-corrected chi connectivity index (χ4v) is 10.3. The number of aliphatic hydroxyl groups is 1. The van der Waals surface area contributed by atoms with Crippen molar-refractivity contribution in [3.05, 3.63) is 11.6 Å². The zero-order valence-electron chi connectivity index (χ0n) is 35.5. The molecule has 4 rings (SSSR count). The Kier molecular flexibility index (Phi) is 18.4. The molecule has 9 nitrogen and oxygen atoms in total. The molecule has 308 valence electrons. The second-order valence-electron chi connectivity index (χ2n) is 19.0. The van der Waals surface area contributed by atoms with E-state index in [2.05, 4.69) is 72.1 Å². The quantitative estimate of drug-likeness (QED) is 0.0945. The van der Waals surface area contributed by atoms with Gasteiger partial charge in [-0.1, -0.05) is 86.3 Å². The lowest BCUT2D eigenvalue weighted by Crippen LogP contribution is -2.51. The van der Waals surface area contributed by atoms with Gasteiger partial charge in [0.05, 0.1) is 26.4 Å². The summed E-state index contributed by atoms with van der Waals surface area (Å²) >= 11 is 0. The van der Waals surface area contributed by atoms with Gasteiger partial charge in [-0.3, -0.25) is 0 Å². The van der Waals surface area contributed by atoms with Gasteiger partial charge in [0, 0.05) is 32.5 Å². The van der Waals surface area contributed by atoms with E-state index in [1.165, 1.54) is 51.4 Å². The zero-order valence-corrected chi connectivity index (χ0v) is 35.5. The van der Waals surface area contributed by atoms with Crippen LogP contribution in [0.15, 0.2) is 11.6 Å².